The van der Waals surface area contributed by atoms with Gasteiger partial charge in [0.05, 0.1) is 6.42 Å². The average Bonchev–Trinajstić information content (AvgIpc) is 2.68. The van der Waals surface area contributed by atoms with Crippen LogP contribution in [0.15, 0.2) is 23.2 Å². The Labute approximate surface area is 181 Å². The van der Waals surface area contributed by atoms with Crippen LogP contribution < -0.4 is 11.1 Å². The van der Waals surface area contributed by atoms with Crippen molar-refractivity contribution in [2.45, 2.75) is 37.1 Å². The van der Waals surface area contributed by atoms with Gasteiger partial charge in [-0.15, -0.1) is 4.99 Å². The molecule has 0 radical (unpaired) electrons. The standard InChI is InChI=1S/C17H21Cl2N3O8/c1-28-15-14(26)13(25)12(24)10(30-15)6-29-17(27)22-16(20)21-11(23)5-7-8(18)3-2-4-9(7)19/h2-4,10,12-15,24-26H,5-6H2,1H3,(H3,20,21,22,23,27)/t10-,12+,13+,14-,15+/m1/s1. The van der Waals surface area contributed by atoms with E-state index in [1.54, 1.807) is 18.2 Å². The molecule has 2 rings (SSSR count). The Morgan fingerprint density at radius 3 is 2.43 bits per heavy atom. The maximum absolute atomic E-state index is 12.0. The van der Waals surface area contributed by atoms with E-state index in [4.69, 9.17) is 43.1 Å². The van der Waals surface area contributed by atoms with Crippen molar-refractivity contribution >= 4 is 41.2 Å². The number of nitrogens with two attached hydrogens (primary N) is 1. The van der Waals surface area contributed by atoms with Gasteiger partial charge >= 0.3 is 6.09 Å². The largest absolute Gasteiger partial charge is 0.445 e. The van der Waals surface area contributed by atoms with Gasteiger partial charge < -0.3 is 35.3 Å². The maximum Gasteiger partial charge on any atom is 0.436 e. The number of aliphatic hydroxyl groups excluding tert-OH is 3. The fourth-order valence-corrected chi connectivity index (χ4v) is 3.14. The molecule has 1 saturated heterocycles. The van der Waals surface area contributed by atoms with E-state index >= 15 is 0 Å². The molecule has 13 heteroatoms. The van der Waals surface area contributed by atoms with E-state index < -0.39 is 55.3 Å². The van der Waals surface area contributed by atoms with Gasteiger partial charge in [0.1, 0.15) is 31.0 Å². The van der Waals surface area contributed by atoms with Crippen molar-refractivity contribution in [1.29, 1.82) is 0 Å². The number of amides is 2. The van der Waals surface area contributed by atoms with E-state index in [0.29, 0.717) is 15.6 Å². The van der Waals surface area contributed by atoms with Crippen molar-refractivity contribution < 1.29 is 39.1 Å². The lowest BCUT2D eigenvalue weighted by Gasteiger charge is -2.39. The van der Waals surface area contributed by atoms with Gasteiger partial charge in [0.25, 0.3) is 0 Å². The molecular formula is C17H21Cl2N3O8. The van der Waals surface area contributed by atoms with Gasteiger partial charge in [-0.2, -0.15) is 0 Å². The molecule has 0 bridgehead atoms. The molecule has 30 heavy (non-hydrogen) atoms. The second-order valence-corrected chi connectivity index (χ2v) is 7.06. The van der Waals surface area contributed by atoms with E-state index in [-0.39, 0.29) is 6.42 Å². The molecule has 1 fully saturated rings. The average molecular weight is 466 g/mol. The van der Waals surface area contributed by atoms with Crippen molar-refractivity contribution in [2.75, 3.05) is 13.7 Å². The lowest BCUT2D eigenvalue weighted by atomic mass is 9.99. The third kappa shape index (κ3) is 6.25. The normalized spacial score (nSPS) is 26.9. The van der Waals surface area contributed by atoms with Crippen molar-refractivity contribution in [3.8, 4) is 0 Å². The quantitative estimate of drug-likeness (QED) is 0.285. The first-order chi connectivity index (χ1) is 14.1. The summed E-state index contributed by atoms with van der Waals surface area (Å²) in [6.45, 7) is -0.524. The van der Waals surface area contributed by atoms with Crippen molar-refractivity contribution in [3.05, 3.63) is 33.8 Å². The molecule has 0 spiro atoms. The number of guanidine groups is 1. The van der Waals surface area contributed by atoms with Crippen LogP contribution >= 0.6 is 23.2 Å². The zero-order chi connectivity index (χ0) is 22.4. The van der Waals surface area contributed by atoms with Gasteiger partial charge in [0.2, 0.25) is 11.9 Å². The first kappa shape index (κ1) is 24.3. The summed E-state index contributed by atoms with van der Waals surface area (Å²) in [5, 5.41) is 32.1. The number of halogens is 2. The van der Waals surface area contributed by atoms with Crippen LogP contribution in [-0.4, -0.2) is 77.7 Å². The maximum atomic E-state index is 12.0. The highest BCUT2D eigenvalue weighted by atomic mass is 35.5. The molecule has 5 atom stereocenters. The Bertz CT molecular complexity index is 787. The summed E-state index contributed by atoms with van der Waals surface area (Å²) in [7, 11) is 1.23. The van der Waals surface area contributed by atoms with Crippen molar-refractivity contribution in [3.63, 3.8) is 0 Å². The monoisotopic (exact) mass is 465 g/mol. The van der Waals surface area contributed by atoms with E-state index in [1.807, 2.05) is 0 Å². The van der Waals surface area contributed by atoms with Crippen LogP contribution in [0.4, 0.5) is 4.79 Å². The second kappa shape index (κ2) is 10.9. The number of benzene rings is 1. The number of hydrogen-bond donors (Lipinski definition) is 5. The molecule has 11 nitrogen and oxygen atoms in total. The number of hydrogen-bond acceptors (Lipinski definition) is 8. The lowest BCUT2D eigenvalue weighted by Crippen LogP contribution is -2.59. The van der Waals surface area contributed by atoms with Gasteiger partial charge in [-0.05, 0) is 17.7 Å². The number of rotatable bonds is 5. The number of carbonyl (C=O) groups excluding carboxylic acids is 2. The highest BCUT2D eigenvalue weighted by Gasteiger charge is 2.44. The van der Waals surface area contributed by atoms with Gasteiger partial charge in [-0.3, -0.25) is 10.1 Å². The molecule has 1 aliphatic rings. The fraction of sp³-hybridized carbons (Fsp3) is 0.471. The Morgan fingerprint density at radius 1 is 1.20 bits per heavy atom. The van der Waals surface area contributed by atoms with Gasteiger partial charge in [0, 0.05) is 17.2 Å². The summed E-state index contributed by atoms with van der Waals surface area (Å²) in [5.74, 6) is -1.16. The summed E-state index contributed by atoms with van der Waals surface area (Å²) in [4.78, 5) is 27.2. The number of nitrogens with one attached hydrogen (secondary N) is 1. The SMILES string of the molecule is CO[C@H]1O[C@H](COC(=O)N=C(N)NC(=O)Cc2c(Cl)cccc2Cl)[C@H](O)[C@H](O)[C@H]1O. The minimum absolute atomic E-state index is 0.204. The van der Waals surface area contributed by atoms with Crippen LogP contribution in [0.25, 0.3) is 0 Å². The highest BCUT2D eigenvalue weighted by Crippen LogP contribution is 2.24. The minimum Gasteiger partial charge on any atom is -0.445 e. The zero-order valence-electron chi connectivity index (χ0n) is 15.7. The molecule has 1 aromatic rings. The first-order valence-corrected chi connectivity index (χ1v) is 9.35. The van der Waals surface area contributed by atoms with E-state index in [0.717, 1.165) is 0 Å². The molecule has 1 heterocycles. The number of aliphatic imine (C=N–C) groups is 1. The van der Waals surface area contributed by atoms with E-state index in [2.05, 4.69) is 10.3 Å². The molecular weight excluding hydrogens is 445 g/mol. The van der Waals surface area contributed by atoms with Gasteiger partial charge in [0.15, 0.2) is 6.29 Å². The van der Waals surface area contributed by atoms with Crippen LogP contribution in [0.2, 0.25) is 10.0 Å². The van der Waals surface area contributed by atoms with E-state index in [1.165, 1.54) is 7.11 Å². The smallest absolute Gasteiger partial charge is 0.436 e. The Kier molecular flexibility index (Phi) is 8.79. The summed E-state index contributed by atoms with van der Waals surface area (Å²) in [5.41, 5.74) is 5.88. The topological polar surface area (TPSA) is 173 Å². The van der Waals surface area contributed by atoms with Gasteiger partial charge in [-0.1, -0.05) is 29.3 Å². The van der Waals surface area contributed by atoms with E-state index in [9.17, 15) is 24.9 Å². The molecule has 166 valence electrons. The summed E-state index contributed by atoms with van der Waals surface area (Å²) in [6.07, 6.45) is -8.40. The Balaban J connectivity index is 1.87. The van der Waals surface area contributed by atoms with Crippen molar-refractivity contribution in [2.24, 2.45) is 10.7 Å². The van der Waals surface area contributed by atoms with Crippen LogP contribution in [0.1, 0.15) is 5.56 Å². The zero-order valence-corrected chi connectivity index (χ0v) is 17.2. The summed E-state index contributed by atoms with van der Waals surface area (Å²) < 4.78 is 14.8. The predicted molar refractivity (Wildman–Crippen MR) is 105 cm³/mol. The molecule has 1 aromatic carbocycles. The minimum atomic E-state index is -1.57. The molecule has 0 aromatic heterocycles. The number of aliphatic hydroxyl groups is 3. The molecule has 0 aliphatic carbocycles. The fourth-order valence-electron chi connectivity index (χ4n) is 2.61. The Hall–Kier alpha value is -1.99. The Morgan fingerprint density at radius 2 is 1.83 bits per heavy atom. The third-order valence-corrected chi connectivity index (χ3v) is 4.86. The lowest BCUT2D eigenvalue weighted by molar-refractivity contribution is -0.294. The van der Waals surface area contributed by atoms with Crippen LogP contribution in [-0.2, 0) is 25.4 Å². The molecule has 0 unspecified atom stereocenters. The van der Waals surface area contributed by atoms with Crippen LogP contribution in [0.3, 0.4) is 0 Å². The first-order valence-electron chi connectivity index (χ1n) is 8.60. The van der Waals surface area contributed by atoms with Crippen LogP contribution in [0, 0.1) is 0 Å². The van der Waals surface area contributed by atoms with Crippen LogP contribution in [0.5, 0.6) is 0 Å². The predicted octanol–water partition coefficient (Wildman–Crippen LogP) is -0.443. The summed E-state index contributed by atoms with van der Waals surface area (Å²) >= 11 is 12.0. The molecule has 1 aliphatic heterocycles. The molecule has 0 saturated carbocycles. The second-order valence-electron chi connectivity index (χ2n) is 6.25. The number of methoxy groups -OCH3 is 1. The number of ether oxygens (including phenoxy) is 3. The molecule has 2 amide bonds. The number of carbonyl (C=O) groups is 2. The van der Waals surface area contributed by atoms with Gasteiger partial charge in [-0.25, -0.2) is 4.79 Å². The third-order valence-electron chi connectivity index (χ3n) is 4.15. The molecule has 6 N–H and O–H groups in total. The summed E-state index contributed by atoms with van der Waals surface area (Å²) in [6, 6.07) is 4.76. The van der Waals surface area contributed by atoms with Crippen molar-refractivity contribution in [1.82, 2.24) is 5.32 Å². The number of nitrogens with zero attached hydrogens (tertiary/aromatic N) is 1. The highest BCUT2D eigenvalue weighted by molar-refractivity contribution is 6.36.